The molecule has 0 saturated carbocycles. The van der Waals surface area contributed by atoms with E-state index in [1.807, 2.05) is 41.3 Å². The number of H-pyrrole nitrogens is 1. The fraction of sp³-hybridized carbons (Fsp3) is 0.286. The van der Waals surface area contributed by atoms with Crippen molar-refractivity contribution < 1.29 is 14.7 Å². The Morgan fingerprint density at radius 3 is 2.39 bits per heavy atom. The maximum Gasteiger partial charge on any atom is 0.335 e. The van der Waals surface area contributed by atoms with Crippen molar-refractivity contribution in [2.24, 2.45) is 10.8 Å². The van der Waals surface area contributed by atoms with Crippen molar-refractivity contribution in [3.05, 3.63) is 106 Å². The summed E-state index contributed by atoms with van der Waals surface area (Å²) in [4.78, 5) is 35.6. The first-order chi connectivity index (χ1) is 19.5. The van der Waals surface area contributed by atoms with Gasteiger partial charge in [0.2, 0.25) is 0 Å². The first-order valence-corrected chi connectivity index (χ1v) is 14.1. The van der Waals surface area contributed by atoms with E-state index in [1.165, 1.54) is 22.3 Å². The number of aromatic nitrogens is 2. The SMILES string of the molecule is Cc1cc2nc(-c3ccccc3C(=O)N3CC=C4C(C)(C)C(c5ccc(C(=O)O)cc5)=CC[C@]4(C)C3)[nH]c2cc1C. The van der Waals surface area contributed by atoms with Gasteiger partial charge < -0.3 is 15.0 Å². The number of amides is 1. The van der Waals surface area contributed by atoms with E-state index >= 15 is 0 Å². The topological polar surface area (TPSA) is 86.3 Å². The predicted molar refractivity (Wildman–Crippen MR) is 163 cm³/mol. The van der Waals surface area contributed by atoms with Gasteiger partial charge in [0.1, 0.15) is 5.82 Å². The number of aromatic carboxylic acids is 1. The van der Waals surface area contributed by atoms with Crippen LogP contribution < -0.4 is 0 Å². The normalized spacial score (nSPS) is 19.9. The van der Waals surface area contributed by atoms with Crippen LogP contribution in [0.15, 0.2) is 78.4 Å². The average Bonchev–Trinajstić information content (AvgIpc) is 3.34. The first-order valence-electron chi connectivity index (χ1n) is 14.1. The van der Waals surface area contributed by atoms with Gasteiger partial charge in [0.05, 0.1) is 22.2 Å². The Kier molecular flexibility index (Phi) is 6.25. The van der Waals surface area contributed by atoms with Crippen LogP contribution >= 0.6 is 0 Å². The molecule has 208 valence electrons. The maximum absolute atomic E-state index is 14.1. The van der Waals surface area contributed by atoms with Gasteiger partial charge in [-0.2, -0.15) is 0 Å². The summed E-state index contributed by atoms with van der Waals surface area (Å²) < 4.78 is 0. The van der Waals surface area contributed by atoms with Crippen LogP contribution in [0.25, 0.3) is 28.0 Å². The summed E-state index contributed by atoms with van der Waals surface area (Å²) in [5.74, 6) is -0.219. The minimum atomic E-state index is -0.923. The molecule has 3 aromatic carbocycles. The summed E-state index contributed by atoms with van der Waals surface area (Å²) in [6.07, 6.45) is 5.30. The zero-order valence-corrected chi connectivity index (χ0v) is 24.2. The summed E-state index contributed by atoms with van der Waals surface area (Å²) in [6.45, 7) is 12.0. The molecule has 1 aliphatic carbocycles. The minimum absolute atomic E-state index is 0.00165. The number of fused-ring (bicyclic) bond motifs is 2. The van der Waals surface area contributed by atoms with Crippen molar-refractivity contribution in [3.63, 3.8) is 0 Å². The van der Waals surface area contributed by atoms with Crippen molar-refractivity contribution in [2.45, 2.75) is 41.0 Å². The quantitative estimate of drug-likeness (QED) is 0.261. The predicted octanol–water partition coefficient (Wildman–Crippen LogP) is 7.45. The molecule has 2 heterocycles. The Labute approximate surface area is 240 Å². The largest absolute Gasteiger partial charge is 0.478 e. The van der Waals surface area contributed by atoms with Crippen LogP contribution in [-0.2, 0) is 0 Å². The number of imidazole rings is 1. The van der Waals surface area contributed by atoms with Crippen LogP contribution in [0.4, 0.5) is 0 Å². The van der Waals surface area contributed by atoms with Gasteiger partial charge in [-0.3, -0.25) is 4.79 Å². The highest BCUT2D eigenvalue weighted by atomic mass is 16.4. The molecule has 0 saturated heterocycles. The number of hydrogen-bond acceptors (Lipinski definition) is 3. The van der Waals surface area contributed by atoms with E-state index in [9.17, 15) is 14.7 Å². The van der Waals surface area contributed by atoms with Gasteiger partial charge in [-0.05, 0) is 72.9 Å². The molecule has 0 spiro atoms. The maximum atomic E-state index is 14.1. The summed E-state index contributed by atoms with van der Waals surface area (Å²) in [5, 5.41) is 9.30. The zero-order valence-electron chi connectivity index (χ0n) is 24.2. The van der Waals surface area contributed by atoms with Crippen LogP contribution in [0.2, 0.25) is 0 Å². The Morgan fingerprint density at radius 2 is 1.66 bits per heavy atom. The highest BCUT2D eigenvalue weighted by Crippen LogP contribution is 2.55. The molecule has 1 atom stereocenters. The molecule has 6 heteroatoms. The third kappa shape index (κ3) is 4.48. The third-order valence-electron chi connectivity index (χ3n) is 9.05. The van der Waals surface area contributed by atoms with Crippen molar-refractivity contribution in [3.8, 4) is 11.4 Å². The van der Waals surface area contributed by atoms with Crippen molar-refractivity contribution in [1.29, 1.82) is 0 Å². The monoisotopic (exact) mass is 545 g/mol. The highest BCUT2D eigenvalue weighted by molar-refractivity contribution is 6.01. The van der Waals surface area contributed by atoms with Gasteiger partial charge in [0.25, 0.3) is 5.91 Å². The molecular weight excluding hydrogens is 510 g/mol. The Morgan fingerprint density at radius 1 is 0.951 bits per heavy atom. The number of allylic oxidation sites excluding steroid dienone is 2. The number of rotatable bonds is 4. The standard InChI is InChI=1S/C35H35N3O3/c1-21-18-28-29(19-22(21)2)37-31(36-28)25-8-6-7-9-26(25)32(39)38-17-15-30-34(3,4)27(14-16-35(30,5)20-38)23-10-12-24(13-11-23)33(40)41/h6-15,18-19H,16-17,20H2,1-5H3,(H,36,37)(H,40,41)/t35-/m1/s1. The second kappa shape index (κ2) is 9.58. The number of aryl methyl sites for hydroxylation is 2. The molecule has 0 radical (unpaired) electrons. The molecule has 0 fully saturated rings. The summed E-state index contributed by atoms with van der Waals surface area (Å²) in [6, 6.07) is 19.0. The van der Waals surface area contributed by atoms with Crippen LogP contribution in [0.3, 0.4) is 0 Å². The van der Waals surface area contributed by atoms with Gasteiger partial charge in [-0.15, -0.1) is 0 Å². The highest BCUT2D eigenvalue weighted by Gasteiger charge is 2.46. The molecule has 4 aromatic rings. The molecule has 1 aromatic heterocycles. The second-order valence-corrected chi connectivity index (χ2v) is 12.3. The third-order valence-corrected chi connectivity index (χ3v) is 9.05. The van der Waals surface area contributed by atoms with E-state index in [1.54, 1.807) is 12.1 Å². The van der Waals surface area contributed by atoms with E-state index in [0.717, 1.165) is 28.6 Å². The molecular formula is C35H35N3O3. The van der Waals surface area contributed by atoms with E-state index in [2.05, 4.69) is 63.9 Å². The van der Waals surface area contributed by atoms with E-state index < -0.39 is 5.97 Å². The zero-order chi connectivity index (χ0) is 29.1. The fourth-order valence-electron chi connectivity index (χ4n) is 6.80. The Balaban J connectivity index is 1.30. The van der Waals surface area contributed by atoms with E-state index in [-0.39, 0.29) is 22.3 Å². The second-order valence-electron chi connectivity index (χ2n) is 12.3. The number of carbonyl (C=O) groups excluding carboxylic acids is 1. The molecule has 6 nitrogen and oxygen atoms in total. The van der Waals surface area contributed by atoms with Crippen LogP contribution in [0.5, 0.6) is 0 Å². The van der Waals surface area contributed by atoms with E-state index in [4.69, 9.17) is 4.98 Å². The van der Waals surface area contributed by atoms with Gasteiger partial charge in [0.15, 0.2) is 0 Å². The summed E-state index contributed by atoms with van der Waals surface area (Å²) >= 11 is 0. The molecule has 41 heavy (non-hydrogen) atoms. The number of aromatic amines is 1. The van der Waals surface area contributed by atoms with Gasteiger partial charge >= 0.3 is 5.97 Å². The minimum Gasteiger partial charge on any atom is -0.478 e. The number of nitrogens with zero attached hydrogens (tertiary/aromatic N) is 2. The first kappa shape index (κ1) is 26.8. The van der Waals surface area contributed by atoms with Crippen molar-refractivity contribution in [1.82, 2.24) is 14.9 Å². The van der Waals surface area contributed by atoms with Crippen molar-refractivity contribution >= 4 is 28.5 Å². The van der Waals surface area contributed by atoms with Crippen LogP contribution in [0, 0.1) is 24.7 Å². The molecule has 2 aliphatic rings. The Bertz CT molecular complexity index is 1740. The van der Waals surface area contributed by atoms with Gasteiger partial charge in [0, 0.05) is 29.5 Å². The molecule has 0 unspecified atom stereocenters. The number of hydrogen-bond donors (Lipinski definition) is 2. The number of benzene rings is 3. The molecule has 1 aliphatic heterocycles. The fourth-order valence-corrected chi connectivity index (χ4v) is 6.80. The molecule has 1 amide bonds. The van der Waals surface area contributed by atoms with Gasteiger partial charge in [-0.1, -0.05) is 68.8 Å². The Hall–Kier alpha value is -4.45. The van der Waals surface area contributed by atoms with Crippen molar-refractivity contribution in [2.75, 3.05) is 13.1 Å². The average molecular weight is 546 g/mol. The lowest BCUT2D eigenvalue weighted by atomic mass is 9.58. The number of carboxylic acid groups (broad SMARTS) is 1. The summed E-state index contributed by atoms with van der Waals surface area (Å²) in [5.41, 5.74) is 9.08. The van der Waals surface area contributed by atoms with Crippen LogP contribution in [0.1, 0.15) is 64.6 Å². The van der Waals surface area contributed by atoms with Gasteiger partial charge in [-0.25, -0.2) is 9.78 Å². The lowest BCUT2D eigenvalue weighted by molar-refractivity contribution is 0.0679. The molecule has 0 bridgehead atoms. The number of carbonyl (C=O) groups is 2. The number of nitrogens with one attached hydrogen (secondary N) is 1. The van der Waals surface area contributed by atoms with Crippen LogP contribution in [-0.4, -0.2) is 44.9 Å². The summed E-state index contributed by atoms with van der Waals surface area (Å²) in [7, 11) is 0. The lowest BCUT2D eigenvalue weighted by Gasteiger charge is -2.50. The lowest BCUT2D eigenvalue weighted by Crippen LogP contribution is -2.48. The number of carboxylic acids is 1. The smallest absolute Gasteiger partial charge is 0.335 e. The molecule has 2 N–H and O–H groups in total. The van der Waals surface area contributed by atoms with E-state index in [0.29, 0.717) is 24.5 Å². The molecule has 6 rings (SSSR count).